The fourth-order valence-corrected chi connectivity index (χ4v) is 2.51. The van der Waals surface area contributed by atoms with E-state index in [-0.39, 0.29) is 0 Å². The van der Waals surface area contributed by atoms with Crippen LogP contribution in [0.25, 0.3) is 0 Å². The van der Waals surface area contributed by atoms with Gasteiger partial charge in [-0.2, -0.15) is 0 Å². The molecule has 0 aliphatic carbocycles. The van der Waals surface area contributed by atoms with Gasteiger partial charge in [-0.05, 0) is 25.5 Å². The maximum absolute atomic E-state index is 5.36. The predicted molar refractivity (Wildman–Crippen MR) is 84.5 cm³/mol. The van der Waals surface area contributed by atoms with E-state index in [4.69, 9.17) is 4.74 Å². The first-order valence-corrected chi connectivity index (χ1v) is 7.85. The van der Waals surface area contributed by atoms with Gasteiger partial charge >= 0.3 is 0 Å². The summed E-state index contributed by atoms with van der Waals surface area (Å²) in [5.74, 6) is 1.05. The molecule has 20 heavy (non-hydrogen) atoms. The molecule has 4 heteroatoms. The van der Waals surface area contributed by atoms with E-state index in [2.05, 4.69) is 41.2 Å². The smallest absolute Gasteiger partial charge is 0.128 e. The summed E-state index contributed by atoms with van der Waals surface area (Å²) in [7, 11) is 0. The lowest BCUT2D eigenvalue weighted by atomic mass is 10.1. The van der Waals surface area contributed by atoms with E-state index < -0.39 is 0 Å². The lowest BCUT2D eigenvalue weighted by molar-refractivity contribution is 0.122. The summed E-state index contributed by atoms with van der Waals surface area (Å²) in [4.78, 5) is 6.84. The van der Waals surface area contributed by atoms with Crippen molar-refractivity contribution < 1.29 is 4.74 Å². The highest BCUT2D eigenvalue weighted by molar-refractivity contribution is 5.49. The number of nitrogens with one attached hydrogen (secondary N) is 1. The van der Waals surface area contributed by atoms with Crippen molar-refractivity contribution in [3.05, 3.63) is 18.3 Å². The molecule has 1 N–H and O–H groups in total. The fraction of sp³-hybridized carbons (Fsp3) is 0.688. The third-order valence-electron chi connectivity index (χ3n) is 3.74. The number of unbranched alkanes of at least 4 members (excludes halogenated alkanes) is 2. The van der Waals surface area contributed by atoms with Crippen molar-refractivity contribution in [1.29, 1.82) is 0 Å². The Morgan fingerprint density at radius 3 is 2.75 bits per heavy atom. The average Bonchev–Trinajstić information content (AvgIpc) is 2.49. The minimum Gasteiger partial charge on any atom is -0.381 e. The third-order valence-corrected chi connectivity index (χ3v) is 3.74. The van der Waals surface area contributed by atoms with E-state index in [1.165, 1.54) is 25.7 Å². The van der Waals surface area contributed by atoms with Gasteiger partial charge in [-0.3, -0.25) is 0 Å². The Hall–Kier alpha value is -1.29. The molecule has 1 aromatic rings. The van der Waals surface area contributed by atoms with Gasteiger partial charge in [0.15, 0.2) is 0 Å². The predicted octanol–water partition coefficient (Wildman–Crippen LogP) is 3.30. The minimum atomic E-state index is 0.512. The molecule has 0 saturated carbocycles. The molecule has 112 valence electrons. The third kappa shape index (κ3) is 4.67. The molecule has 0 spiro atoms. The Morgan fingerprint density at radius 2 is 2.10 bits per heavy atom. The van der Waals surface area contributed by atoms with Crippen LogP contribution in [0.15, 0.2) is 18.3 Å². The Morgan fingerprint density at radius 1 is 1.30 bits per heavy atom. The van der Waals surface area contributed by atoms with Gasteiger partial charge < -0.3 is 15.0 Å². The second-order valence-corrected chi connectivity index (χ2v) is 5.55. The van der Waals surface area contributed by atoms with Gasteiger partial charge in [-0.15, -0.1) is 0 Å². The molecule has 0 aromatic carbocycles. The van der Waals surface area contributed by atoms with Crippen molar-refractivity contribution in [3.63, 3.8) is 0 Å². The SMILES string of the molecule is CCCCCC(C)Nc1ccc(N2CCOCC2)nc1. The molecule has 1 atom stereocenters. The van der Waals surface area contributed by atoms with Crippen LogP contribution in [0.5, 0.6) is 0 Å². The van der Waals surface area contributed by atoms with Crippen molar-refractivity contribution in [2.75, 3.05) is 36.5 Å². The van der Waals surface area contributed by atoms with Crippen LogP contribution in [0.1, 0.15) is 39.5 Å². The van der Waals surface area contributed by atoms with Gasteiger partial charge in [0.2, 0.25) is 0 Å². The first-order valence-electron chi connectivity index (χ1n) is 7.85. The largest absolute Gasteiger partial charge is 0.381 e. The van der Waals surface area contributed by atoms with Crippen molar-refractivity contribution in [3.8, 4) is 0 Å². The van der Waals surface area contributed by atoms with Crippen LogP contribution < -0.4 is 10.2 Å². The van der Waals surface area contributed by atoms with Crippen LogP contribution in [-0.2, 0) is 4.74 Å². The summed E-state index contributed by atoms with van der Waals surface area (Å²) in [6.45, 7) is 7.96. The lowest BCUT2D eigenvalue weighted by Crippen LogP contribution is -2.36. The zero-order valence-corrected chi connectivity index (χ0v) is 12.8. The van der Waals surface area contributed by atoms with Gasteiger partial charge in [-0.1, -0.05) is 26.2 Å². The maximum Gasteiger partial charge on any atom is 0.128 e. The topological polar surface area (TPSA) is 37.4 Å². The van der Waals surface area contributed by atoms with Crippen LogP contribution in [0.2, 0.25) is 0 Å². The van der Waals surface area contributed by atoms with Crippen molar-refractivity contribution >= 4 is 11.5 Å². The number of pyridine rings is 1. The Bertz CT molecular complexity index is 374. The van der Waals surface area contributed by atoms with Crippen LogP contribution in [0, 0.1) is 0 Å². The Balaban J connectivity index is 1.81. The van der Waals surface area contributed by atoms with Crippen LogP contribution in [0.4, 0.5) is 11.5 Å². The van der Waals surface area contributed by atoms with Crippen molar-refractivity contribution in [1.82, 2.24) is 4.98 Å². The second kappa shape index (κ2) is 8.10. The summed E-state index contributed by atoms with van der Waals surface area (Å²) < 4.78 is 5.36. The molecule has 2 rings (SSSR count). The summed E-state index contributed by atoms with van der Waals surface area (Å²) in [5, 5.41) is 3.53. The van der Waals surface area contributed by atoms with Crippen LogP contribution in [0.3, 0.4) is 0 Å². The van der Waals surface area contributed by atoms with Crippen LogP contribution >= 0.6 is 0 Å². The molecule has 4 nitrogen and oxygen atoms in total. The number of hydrogen-bond donors (Lipinski definition) is 1. The molecule has 2 heterocycles. The minimum absolute atomic E-state index is 0.512. The highest BCUT2D eigenvalue weighted by Crippen LogP contribution is 2.17. The number of anilines is 2. The molecule has 1 aliphatic heterocycles. The van der Waals surface area contributed by atoms with E-state index in [9.17, 15) is 0 Å². The standard InChI is InChI=1S/C16H27N3O/c1-3-4-5-6-14(2)18-15-7-8-16(17-13-15)19-9-11-20-12-10-19/h7-8,13-14,18H,3-6,9-12H2,1-2H3. The number of hydrogen-bond acceptors (Lipinski definition) is 4. The Kier molecular flexibility index (Phi) is 6.12. The molecule has 0 bridgehead atoms. The summed E-state index contributed by atoms with van der Waals surface area (Å²) >= 11 is 0. The van der Waals surface area contributed by atoms with Crippen molar-refractivity contribution in [2.45, 2.75) is 45.6 Å². The van der Waals surface area contributed by atoms with E-state index in [1.54, 1.807) is 0 Å². The van der Waals surface area contributed by atoms with Crippen molar-refractivity contribution in [2.24, 2.45) is 0 Å². The summed E-state index contributed by atoms with van der Waals surface area (Å²) in [6, 6.07) is 4.75. The normalized spacial score (nSPS) is 17.0. The zero-order chi connectivity index (χ0) is 14.2. The zero-order valence-electron chi connectivity index (χ0n) is 12.8. The maximum atomic E-state index is 5.36. The van der Waals surface area contributed by atoms with Gasteiger partial charge in [0.05, 0.1) is 25.1 Å². The molecular weight excluding hydrogens is 250 g/mol. The van der Waals surface area contributed by atoms with Gasteiger partial charge in [0.1, 0.15) is 5.82 Å². The first-order chi connectivity index (χ1) is 9.79. The summed E-state index contributed by atoms with van der Waals surface area (Å²) in [5.41, 5.74) is 1.12. The van der Waals surface area contributed by atoms with E-state index in [0.717, 1.165) is 37.8 Å². The molecule has 1 fully saturated rings. The monoisotopic (exact) mass is 277 g/mol. The fourth-order valence-electron chi connectivity index (χ4n) is 2.51. The Labute approximate surface area is 122 Å². The first kappa shape index (κ1) is 15.1. The molecule has 0 radical (unpaired) electrons. The number of nitrogens with zero attached hydrogens (tertiary/aromatic N) is 2. The molecule has 1 aliphatic rings. The number of ether oxygens (including phenoxy) is 1. The molecule has 1 aromatic heterocycles. The van der Waals surface area contributed by atoms with Gasteiger partial charge in [0.25, 0.3) is 0 Å². The quantitative estimate of drug-likeness (QED) is 0.776. The lowest BCUT2D eigenvalue weighted by Gasteiger charge is -2.28. The van der Waals surface area contributed by atoms with Gasteiger partial charge in [0, 0.05) is 19.1 Å². The number of rotatable bonds is 7. The van der Waals surface area contributed by atoms with E-state index in [1.807, 2.05) is 6.20 Å². The molecule has 0 amide bonds. The highest BCUT2D eigenvalue weighted by atomic mass is 16.5. The summed E-state index contributed by atoms with van der Waals surface area (Å²) in [6.07, 6.45) is 7.06. The van der Waals surface area contributed by atoms with Gasteiger partial charge in [-0.25, -0.2) is 4.98 Å². The average molecular weight is 277 g/mol. The van der Waals surface area contributed by atoms with E-state index in [0.29, 0.717) is 6.04 Å². The highest BCUT2D eigenvalue weighted by Gasteiger charge is 2.12. The van der Waals surface area contributed by atoms with E-state index >= 15 is 0 Å². The van der Waals surface area contributed by atoms with Crippen LogP contribution in [-0.4, -0.2) is 37.3 Å². The number of morpholine rings is 1. The molecular formula is C16H27N3O. The second-order valence-electron chi connectivity index (χ2n) is 5.55. The molecule has 1 unspecified atom stereocenters. The molecule has 1 saturated heterocycles. The number of aromatic nitrogens is 1.